The first-order valence-electron chi connectivity index (χ1n) is 8.37. The molecule has 0 bridgehead atoms. The molecule has 0 aliphatic rings. The molecular weight excluding hydrogens is 382 g/mol. The lowest BCUT2D eigenvalue weighted by atomic mass is 10.1. The number of nitro benzene ring substituents is 1. The number of nitro groups is 1. The first-order valence-corrected chi connectivity index (χ1v) is 8.37. The highest BCUT2D eigenvalue weighted by Crippen LogP contribution is 2.28. The Bertz CT molecular complexity index is 1060. The maximum atomic E-state index is 12.6. The minimum atomic E-state index is -0.646. The molecule has 2 heterocycles. The molecule has 11 heteroatoms. The largest absolute Gasteiger partial charge is 0.490 e. The number of amides is 2. The fourth-order valence-electron chi connectivity index (χ4n) is 2.63. The molecule has 0 fully saturated rings. The fourth-order valence-corrected chi connectivity index (χ4v) is 2.63. The number of anilines is 1. The molecule has 0 saturated carbocycles. The van der Waals surface area contributed by atoms with Crippen molar-refractivity contribution in [2.75, 3.05) is 12.4 Å². The van der Waals surface area contributed by atoms with Gasteiger partial charge in [0.25, 0.3) is 11.8 Å². The van der Waals surface area contributed by atoms with E-state index < -0.39 is 16.7 Å². The van der Waals surface area contributed by atoms with E-state index in [1.54, 1.807) is 19.2 Å². The van der Waals surface area contributed by atoms with E-state index in [4.69, 9.17) is 9.15 Å². The molecule has 11 nitrogen and oxygen atoms in total. The summed E-state index contributed by atoms with van der Waals surface area (Å²) >= 11 is 0. The van der Waals surface area contributed by atoms with Crippen molar-refractivity contribution >= 4 is 23.2 Å². The number of benzene rings is 1. The average Bonchev–Trinajstić information content (AvgIpc) is 3.35. The van der Waals surface area contributed by atoms with Crippen LogP contribution in [-0.4, -0.2) is 33.6 Å². The van der Waals surface area contributed by atoms with Crippen LogP contribution in [0.25, 0.3) is 0 Å². The number of carbonyl (C=O) groups is 2. The summed E-state index contributed by atoms with van der Waals surface area (Å²) in [5.74, 6) is -0.510. The molecular formula is C18H17N5O6. The number of ether oxygens (including phenoxy) is 1. The predicted octanol–water partition coefficient (Wildman–Crippen LogP) is 2.11. The van der Waals surface area contributed by atoms with E-state index in [-0.39, 0.29) is 34.9 Å². The number of methoxy groups -OCH3 is 1. The van der Waals surface area contributed by atoms with E-state index in [0.29, 0.717) is 5.76 Å². The Morgan fingerprint density at radius 2 is 2.10 bits per heavy atom. The van der Waals surface area contributed by atoms with Crippen LogP contribution in [-0.2, 0) is 13.6 Å². The molecule has 150 valence electrons. The quantitative estimate of drug-likeness (QED) is 0.458. The zero-order chi connectivity index (χ0) is 21.0. The monoisotopic (exact) mass is 399 g/mol. The predicted molar refractivity (Wildman–Crippen MR) is 101 cm³/mol. The molecule has 0 spiro atoms. The van der Waals surface area contributed by atoms with Crippen molar-refractivity contribution in [2.24, 2.45) is 7.05 Å². The maximum absolute atomic E-state index is 12.6. The van der Waals surface area contributed by atoms with Gasteiger partial charge in [0.2, 0.25) is 0 Å². The molecule has 0 radical (unpaired) electrons. The number of nitrogens with one attached hydrogen (secondary N) is 2. The third-order valence-corrected chi connectivity index (χ3v) is 4.04. The molecule has 3 rings (SSSR count). The van der Waals surface area contributed by atoms with Crippen molar-refractivity contribution in [1.82, 2.24) is 15.1 Å². The standard InChI is InChI=1S/C18H17N5O6/c1-22-16(18(25)19-9-12-4-3-7-29-12)13(10-20-22)21-17(24)11-5-6-15(28-2)14(8-11)23(26)27/h3-8,10H,9H2,1-2H3,(H,19,25)(H,21,24). The highest BCUT2D eigenvalue weighted by molar-refractivity contribution is 6.08. The lowest BCUT2D eigenvalue weighted by Crippen LogP contribution is -2.26. The molecule has 29 heavy (non-hydrogen) atoms. The Labute approximate surface area is 164 Å². The summed E-state index contributed by atoms with van der Waals surface area (Å²) in [6, 6.07) is 7.22. The van der Waals surface area contributed by atoms with Crippen molar-refractivity contribution in [2.45, 2.75) is 6.54 Å². The highest BCUT2D eigenvalue weighted by atomic mass is 16.6. The first-order chi connectivity index (χ1) is 13.9. The summed E-state index contributed by atoms with van der Waals surface area (Å²) in [4.78, 5) is 35.6. The lowest BCUT2D eigenvalue weighted by Gasteiger charge is -2.09. The average molecular weight is 399 g/mol. The van der Waals surface area contributed by atoms with Gasteiger partial charge >= 0.3 is 5.69 Å². The van der Waals surface area contributed by atoms with Crippen molar-refractivity contribution in [3.8, 4) is 5.75 Å². The van der Waals surface area contributed by atoms with Gasteiger partial charge in [0.15, 0.2) is 5.75 Å². The fraction of sp³-hybridized carbons (Fsp3) is 0.167. The third-order valence-electron chi connectivity index (χ3n) is 4.04. The molecule has 2 amide bonds. The second-order valence-corrected chi connectivity index (χ2v) is 5.89. The highest BCUT2D eigenvalue weighted by Gasteiger charge is 2.22. The van der Waals surface area contributed by atoms with Gasteiger partial charge in [-0.05, 0) is 24.3 Å². The number of hydrogen-bond donors (Lipinski definition) is 2. The number of furan rings is 1. The Morgan fingerprint density at radius 1 is 1.31 bits per heavy atom. The molecule has 0 atom stereocenters. The van der Waals surface area contributed by atoms with Gasteiger partial charge < -0.3 is 19.8 Å². The van der Waals surface area contributed by atoms with Gasteiger partial charge in [-0.3, -0.25) is 24.4 Å². The second-order valence-electron chi connectivity index (χ2n) is 5.89. The van der Waals surface area contributed by atoms with Gasteiger partial charge in [-0.2, -0.15) is 5.10 Å². The molecule has 0 unspecified atom stereocenters. The van der Waals surface area contributed by atoms with E-state index in [1.165, 1.54) is 36.4 Å². The van der Waals surface area contributed by atoms with Crippen LogP contribution in [0.15, 0.2) is 47.2 Å². The summed E-state index contributed by atoms with van der Waals surface area (Å²) in [5, 5.41) is 20.4. The Hall–Kier alpha value is -4.15. The van der Waals surface area contributed by atoms with Gasteiger partial charge in [-0.25, -0.2) is 0 Å². The first kappa shape index (κ1) is 19.6. The number of rotatable bonds is 7. The number of carbonyl (C=O) groups excluding carboxylic acids is 2. The van der Waals surface area contributed by atoms with E-state index in [2.05, 4.69) is 15.7 Å². The maximum Gasteiger partial charge on any atom is 0.311 e. The van der Waals surface area contributed by atoms with Crippen LogP contribution in [0, 0.1) is 10.1 Å². The summed E-state index contributed by atoms with van der Waals surface area (Å²) in [6.07, 6.45) is 2.81. The lowest BCUT2D eigenvalue weighted by molar-refractivity contribution is -0.385. The molecule has 0 saturated heterocycles. The molecule has 0 aliphatic heterocycles. The van der Waals surface area contributed by atoms with Crippen molar-refractivity contribution in [3.05, 3.63) is 69.9 Å². The van der Waals surface area contributed by atoms with Gasteiger partial charge in [0.1, 0.15) is 11.5 Å². The third kappa shape index (κ3) is 4.24. The zero-order valence-corrected chi connectivity index (χ0v) is 15.5. The Morgan fingerprint density at radius 3 is 2.76 bits per heavy atom. The molecule has 3 aromatic rings. The van der Waals surface area contributed by atoms with Gasteiger partial charge in [0.05, 0.1) is 36.7 Å². The van der Waals surface area contributed by atoms with Crippen molar-refractivity contribution < 1.29 is 23.7 Å². The van der Waals surface area contributed by atoms with E-state index in [1.807, 2.05) is 0 Å². The number of aryl methyl sites for hydroxylation is 1. The normalized spacial score (nSPS) is 10.4. The van der Waals surface area contributed by atoms with E-state index >= 15 is 0 Å². The van der Waals surface area contributed by atoms with Crippen molar-refractivity contribution in [1.29, 1.82) is 0 Å². The van der Waals surface area contributed by atoms with E-state index in [9.17, 15) is 19.7 Å². The minimum absolute atomic E-state index is 0.0308. The van der Waals surface area contributed by atoms with Crippen LogP contribution in [0.3, 0.4) is 0 Å². The summed E-state index contributed by atoms with van der Waals surface area (Å²) in [5.41, 5.74) is -0.0353. The summed E-state index contributed by atoms with van der Waals surface area (Å²) in [7, 11) is 2.85. The van der Waals surface area contributed by atoms with Gasteiger partial charge in [0, 0.05) is 18.7 Å². The van der Waals surface area contributed by atoms with Crippen LogP contribution < -0.4 is 15.4 Å². The molecule has 2 aromatic heterocycles. The number of aromatic nitrogens is 2. The Balaban J connectivity index is 1.78. The van der Waals surface area contributed by atoms with Crippen LogP contribution in [0.5, 0.6) is 5.75 Å². The number of nitrogens with zero attached hydrogens (tertiary/aromatic N) is 3. The Kier molecular flexibility index (Phi) is 5.58. The SMILES string of the molecule is COc1ccc(C(=O)Nc2cnn(C)c2C(=O)NCc2ccco2)cc1[N+](=O)[O-]. The van der Waals surface area contributed by atoms with Gasteiger partial charge in [-0.1, -0.05) is 0 Å². The van der Waals surface area contributed by atoms with Gasteiger partial charge in [-0.15, -0.1) is 0 Å². The molecule has 2 N–H and O–H groups in total. The second kappa shape index (κ2) is 8.25. The molecule has 0 aliphatic carbocycles. The van der Waals surface area contributed by atoms with Crippen LogP contribution in [0.4, 0.5) is 11.4 Å². The summed E-state index contributed by atoms with van der Waals surface area (Å²) < 4.78 is 11.4. The van der Waals surface area contributed by atoms with Crippen LogP contribution >= 0.6 is 0 Å². The van der Waals surface area contributed by atoms with Crippen LogP contribution in [0.2, 0.25) is 0 Å². The smallest absolute Gasteiger partial charge is 0.311 e. The zero-order valence-electron chi connectivity index (χ0n) is 15.5. The minimum Gasteiger partial charge on any atom is -0.490 e. The number of hydrogen-bond acceptors (Lipinski definition) is 7. The van der Waals surface area contributed by atoms with Crippen molar-refractivity contribution in [3.63, 3.8) is 0 Å². The van der Waals surface area contributed by atoms with E-state index in [0.717, 1.165) is 6.07 Å². The summed E-state index contributed by atoms with van der Waals surface area (Å²) in [6.45, 7) is 0.162. The topological polar surface area (TPSA) is 142 Å². The van der Waals surface area contributed by atoms with Crippen LogP contribution in [0.1, 0.15) is 26.6 Å². The molecule has 1 aromatic carbocycles.